The zero-order valence-corrected chi connectivity index (χ0v) is 13.4. The summed E-state index contributed by atoms with van der Waals surface area (Å²) in [5.74, 6) is 0.901. The standard InChI is InChI=1S/C16H24N2O.ClH/c1-11-4-8-14(9-5-11)18(3)16(19)15-10-13(17)7-6-12(15)2;/h6-7,10-11,14H,4-5,8-9,17H2,1-3H3;1H. The summed E-state index contributed by atoms with van der Waals surface area (Å²) in [5.41, 5.74) is 8.18. The van der Waals surface area contributed by atoms with E-state index in [1.165, 1.54) is 12.8 Å². The summed E-state index contributed by atoms with van der Waals surface area (Å²) in [5, 5.41) is 0. The Balaban J connectivity index is 0.00000200. The summed E-state index contributed by atoms with van der Waals surface area (Å²) >= 11 is 0. The molecule has 0 bridgehead atoms. The molecule has 1 fully saturated rings. The summed E-state index contributed by atoms with van der Waals surface area (Å²) in [6.45, 7) is 4.25. The van der Waals surface area contributed by atoms with Gasteiger partial charge in [0.15, 0.2) is 0 Å². The molecule has 0 radical (unpaired) electrons. The molecule has 20 heavy (non-hydrogen) atoms. The average Bonchev–Trinajstić information content (AvgIpc) is 2.41. The Bertz CT molecular complexity index is 468. The van der Waals surface area contributed by atoms with Crippen LogP contribution in [0.5, 0.6) is 0 Å². The second-order valence-corrected chi connectivity index (χ2v) is 5.90. The molecule has 0 unspecified atom stereocenters. The second kappa shape index (κ2) is 6.98. The van der Waals surface area contributed by atoms with Crippen LogP contribution >= 0.6 is 12.4 Å². The molecule has 0 saturated heterocycles. The first kappa shape index (κ1) is 16.8. The molecule has 112 valence electrons. The van der Waals surface area contributed by atoms with Crippen LogP contribution in [0.15, 0.2) is 18.2 Å². The molecule has 1 saturated carbocycles. The van der Waals surface area contributed by atoms with Gasteiger partial charge in [0.05, 0.1) is 0 Å². The number of halogens is 1. The predicted molar refractivity (Wildman–Crippen MR) is 86.4 cm³/mol. The normalized spacial score (nSPS) is 21.9. The molecular formula is C16H25ClN2O. The van der Waals surface area contributed by atoms with E-state index in [0.717, 1.165) is 29.9 Å². The molecule has 3 nitrogen and oxygen atoms in total. The molecular weight excluding hydrogens is 272 g/mol. The SMILES string of the molecule is Cc1ccc(N)cc1C(=O)N(C)C1CCC(C)CC1.Cl. The Morgan fingerprint density at radius 2 is 1.85 bits per heavy atom. The Labute approximate surface area is 127 Å². The van der Waals surface area contributed by atoms with Gasteiger partial charge >= 0.3 is 0 Å². The maximum absolute atomic E-state index is 12.6. The highest BCUT2D eigenvalue weighted by molar-refractivity contribution is 5.96. The summed E-state index contributed by atoms with van der Waals surface area (Å²) in [4.78, 5) is 14.5. The summed E-state index contributed by atoms with van der Waals surface area (Å²) < 4.78 is 0. The molecule has 0 spiro atoms. The van der Waals surface area contributed by atoms with Gasteiger partial charge in [0.25, 0.3) is 5.91 Å². The van der Waals surface area contributed by atoms with E-state index >= 15 is 0 Å². The molecule has 0 atom stereocenters. The van der Waals surface area contributed by atoms with E-state index in [2.05, 4.69) is 6.92 Å². The van der Waals surface area contributed by atoms with Crippen molar-refractivity contribution in [2.75, 3.05) is 12.8 Å². The van der Waals surface area contributed by atoms with E-state index in [1.807, 2.05) is 31.0 Å². The number of nitrogens with zero attached hydrogens (tertiary/aromatic N) is 1. The Hall–Kier alpha value is -1.22. The Kier molecular flexibility index (Phi) is 5.88. The van der Waals surface area contributed by atoms with Crippen LogP contribution in [0.1, 0.15) is 48.5 Å². The topological polar surface area (TPSA) is 46.3 Å². The minimum Gasteiger partial charge on any atom is -0.399 e. The molecule has 4 heteroatoms. The van der Waals surface area contributed by atoms with Gasteiger partial charge in [0.1, 0.15) is 0 Å². The maximum atomic E-state index is 12.6. The number of nitrogens with two attached hydrogens (primary N) is 1. The lowest BCUT2D eigenvalue weighted by Crippen LogP contribution is -2.39. The number of amides is 1. The number of hydrogen-bond acceptors (Lipinski definition) is 2. The minimum absolute atomic E-state index is 0. The van der Waals surface area contributed by atoms with Crippen LogP contribution in [0.4, 0.5) is 5.69 Å². The highest BCUT2D eigenvalue weighted by atomic mass is 35.5. The van der Waals surface area contributed by atoms with Crippen LogP contribution in [0, 0.1) is 12.8 Å². The van der Waals surface area contributed by atoms with Crippen molar-refractivity contribution in [1.82, 2.24) is 4.90 Å². The van der Waals surface area contributed by atoms with Crippen LogP contribution < -0.4 is 5.73 Å². The molecule has 0 aliphatic heterocycles. The first-order valence-electron chi connectivity index (χ1n) is 7.12. The largest absolute Gasteiger partial charge is 0.399 e. The van der Waals surface area contributed by atoms with Crippen molar-refractivity contribution >= 4 is 24.0 Å². The van der Waals surface area contributed by atoms with Crippen LogP contribution in [-0.4, -0.2) is 23.9 Å². The molecule has 1 aromatic rings. The molecule has 1 aliphatic carbocycles. The van der Waals surface area contributed by atoms with Crippen LogP contribution in [0.2, 0.25) is 0 Å². The lowest BCUT2D eigenvalue weighted by atomic mass is 9.86. The van der Waals surface area contributed by atoms with Crippen molar-refractivity contribution in [2.24, 2.45) is 5.92 Å². The maximum Gasteiger partial charge on any atom is 0.254 e. The van der Waals surface area contributed by atoms with E-state index in [4.69, 9.17) is 5.73 Å². The average molecular weight is 297 g/mol. The summed E-state index contributed by atoms with van der Waals surface area (Å²) in [6.07, 6.45) is 4.67. The van der Waals surface area contributed by atoms with E-state index in [1.54, 1.807) is 6.07 Å². The third-order valence-electron chi connectivity index (χ3n) is 4.35. The molecule has 2 rings (SSSR count). The van der Waals surface area contributed by atoms with Gasteiger partial charge in [0, 0.05) is 24.3 Å². The number of carbonyl (C=O) groups is 1. The van der Waals surface area contributed by atoms with Gasteiger partial charge in [-0.15, -0.1) is 12.4 Å². The van der Waals surface area contributed by atoms with Crippen LogP contribution in [0.3, 0.4) is 0 Å². The molecule has 1 aliphatic rings. The summed E-state index contributed by atoms with van der Waals surface area (Å²) in [7, 11) is 1.92. The van der Waals surface area contributed by atoms with Gasteiger partial charge < -0.3 is 10.6 Å². The predicted octanol–water partition coefficient (Wildman–Crippen LogP) is 3.65. The molecule has 0 aromatic heterocycles. The zero-order valence-electron chi connectivity index (χ0n) is 12.6. The van der Waals surface area contributed by atoms with E-state index < -0.39 is 0 Å². The lowest BCUT2D eigenvalue weighted by Gasteiger charge is -2.34. The molecule has 1 aromatic carbocycles. The first-order chi connectivity index (χ1) is 8.99. The van der Waals surface area contributed by atoms with Gasteiger partial charge in [-0.2, -0.15) is 0 Å². The lowest BCUT2D eigenvalue weighted by molar-refractivity contribution is 0.0679. The van der Waals surface area contributed by atoms with Gasteiger partial charge in [-0.1, -0.05) is 13.0 Å². The fraction of sp³-hybridized carbons (Fsp3) is 0.562. The van der Waals surface area contributed by atoms with Crippen LogP contribution in [-0.2, 0) is 0 Å². The number of rotatable bonds is 2. The Morgan fingerprint density at radius 1 is 1.25 bits per heavy atom. The first-order valence-corrected chi connectivity index (χ1v) is 7.12. The molecule has 0 heterocycles. The molecule has 2 N–H and O–H groups in total. The fourth-order valence-electron chi connectivity index (χ4n) is 2.86. The van der Waals surface area contributed by atoms with E-state index in [9.17, 15) is 4.79 Å². The van der Waals surface area contributed by atoms with Crippen molar-refractivity contribution in [3.8, 4) is 0 Å². The summed E-state index contributed by atoms with van der Waals surface area (Å²) in [6, 6.07) is 5.93. The number of carbonyl (C=O) groups excluding carboxylic acids is 1. The van der Waals surface area contributed by atoms with Crippen LogP contribution in [0.25, 0.3) is 0 Å². The minimum atomic E-state index is 0. The Morgan fingerprint density at radius 3 is 2.45 bits per heavy atom. The molecule has 1 amide bonds. The van der Waals surface area contributed by atoms with Gasteiger partial charge in [-0.3, -0.25) is 4.79 Å². The van der Waals surface area contributed by atoms with E-state index in [0.29, 0.717) is 11.7 Å². The fourth-order valence-corrected chi connectivity index (χ4v) is 2.86. The van der Waals surface area contributed by atoms with Crippen molar-refractivity contribution in [3.63, 3.8) is 0 Å². The number of hydrogen-bond donors (Lipinski definition) is 1. The quantitative estimate of drug-likeness (QED) is 0.847. The number of benzene rings is 1. The monoisotopic (exact) mass is 296 g/mol. The highest BCUT2D eigenvalue weighted by Gasteiger charge is 2.26. The second-order valence-electron chi connectivity index (χ2n) is 5.90. The third kappa shape index (κ3) is 3.66. The van der Waals surface area contributed by atoms with Crippen molar-refractivity contribution in [2.45, 2.75) is 45.6 Å². The van der Waals surface area contributed by atoms with Gasteiger partial charge in [0.2, 0.25) is 0 Å². The van der Waals surface area contributed by atoms with Gasteiger partial charge in [-0.25, -0.2) is 0 Å². The number of nitrogen functional groups attached to an aromatic ring is 1. The van der Waals surface area contributed by atoms with Crippen molar-refractivity contribution in [1.29, 1.82) is 0 Å². The van der Waals surface area contributed by atoms with E-state index in [-0.39, 0.29) is 18.3 Å². The zero-order chi connectivity index (χ0) is 14.0. The van der Waals surface area contributed by atoms with Gasteiger partial charge in [-0.05, 0) is 56.2 Å². The van der Waals surface area contributed by atoms with Crippen molar-refractivity contribution in [3.05, 3.63) is 29.3 Å². The highest BCUT2D eigenvalue weighted by Crippen LogP contribution is 2.27. The number of anilines is 1. The number of aryl methyl sites for hydroxylation is 1. The van der Waals surface area contributed by atoms with Crippen molar-refractivity contribution < 1.29 is 4.79 Å². The smallest absolute Gasteiger partial charge is 0.254 e. The third-order valence-corrected chi connectivity index (χ3v) is 4.35.